The number of nitrogens with zero attached hydrogens (tertiary/aromatic N) is 1. The molecule has 1 heterocycles. The summed E-state index contributed by atoms with van der Waals surface area (Å²) in [5.74, 6) is 0.909. The first-order chi connectivity index (χ1) is 10.2. The van der Waals surface area contributed by atoms with Crippen LogP contribution in [0.1, 0.15) is 43.3 Å². The number of nitrogens with one attached hydrogen (secondary N) is 1. The van der Waals surface area contributed by atoms with Gasteiger partial charge in [-0.2, -0.15) is 0 Å². The third kappa shape index (κ3) is 4.11. The Balaban J connectivity index is 2.19. The van der Waals surface area contributed by atoms with Crippen LogP contribution in [0.15, 0.2) is 40.0 Å². The average molecular weight is 304 g/mol. The molecule has 2 atom stereocenters. The zero-order valence-electron chi connectivity index (χ0n) is 13.2. The van der Waals surface area contributed by atoms with Crippen molar-refractivity contribution < 1.29 is 4.42 Å². The smallest absolute Gasteiger partial charge is 0.256 e. The standard InChI is InChI=1S/C17H24N2OS/c1-5-15(21-17-19-12(3)13(4)20-17)16(18-6-2)14-10-8-7-9-11-14/h7-11,15-16,18H,5-6H2,1-4H3. The molecule has 21 heavy (non-hydrogen) atoms. The second-order valence-corrected chi connectivity index (χ2v) is 6.32. The summed E-state index contributed by atoms with van der Waals surface area (Å²) in [6.07, 6.45) is 1.05. The Kier molecular flexibility index (Phi) is 5.88. The fourth-order valence-corrected chi connectivity index (χ4v) is 3.53. The van der Waals surface area contributed by atoms with Gasteiger partial charge in [0, 0.05) is 11.3 Å². The molecule has 0 amide bonds. The lowest BCUT2D eigenvalue weighted by molar-refractivity contribution is 0.426. The van der Waals surface area contributed by atoms with E-state index < -0.39 is 0 Å². The first-order valence-corrected chi connectivity index (χ1v) is 8.42. The normalized spacial score (nSPS) is 14.1. The van der Waals surface area contributed by atoms with Crippen LogP contribution in [0.25, 0.3) is 0 Å². The highest BCUT2D eigenvalue weighted by Crippen LogP contribution is 2.34. The van der Waals surface area contributed by atoms with Gasteiger partial charge >= 0.3 is 0 Å². The lowest BCUT2D eigenvalue weighted by Crippen LogP contribution is -2.29. The number of hydrogen-bond acceptors (Lipinski definition) is 4. The molecule has 2 aromatic rings. The topological polar surface area (TPSA) is 38.1 Å². The maximum atomic E-state index is 5.73. The van der Waals surface area contributed by atoms with Crippen molar-refractivity contribution in [3.8, 4) is 0 Å². The minimum Gasteiger partial charge on any atom is -0.437 e. The molecule has 0 radical (unpaired) electrons. The lowest BCUT2D eigenvalue weighted by atomic mass is 10.0. The third-order valence-corrected chi connectivity index (χ3v) is 4.90. The molecule has 0 aliphatic carbocycles. The average Bonchev–Trinajstić information content (AvgIpc) is 2.82. The van der Waals surface area contributed by atoms with E-state index in [-0.39, 0.29) is 0 Å². The molecule has 1 N–H and O–H groups in total. The summed E-state index contributed by atoms with van der Waals surface area (Å²) < 4.78 is 5.73. The summed E-state index contributed by atoms with van der Waals surface area (Å²) in [5, 5.41) is 4.77. The summed E-state index contributed by atoms with van der Waals surface area (Å²) in [7, 11) is 0. The Morgan fingerprint density at radius 1 is 1.19 bits per heavy atom. The number of rotatable bonds is 7. The third-order valence-electron chi connectivity index (χ3n) is 3.62. The zero-order chi connectivity index (χ0) is 15.2. The molecule has 0 aliphatic heterocycles. The van der Waals surface area contributed by atoms with Gasteiger partial charge in [0.25, 0.3) is 5.22 Å². The van der Waals surface area contributed by atoms with Crippen LogP contribution in [-0.4, -0.2) is 16.8 Å². The summed E-state index contributed by atoms with van der Waals surface area (Å²) in [6, 6.07) is 10.9. The molecule has 0 bridgehead atoms. The Bertz CT molecular complexity index is 534. The van der Waals surface area contributed by atoms with Gasteiger partial charge in [-0.25, -0.2) is 4.98 Å². The molecule has 1 aromatic carbocycles. The van der Waals surface area contributed by atoms with E-state index in [1.165, 1.54) is 5.56 Å². The summed E-state index contributed by atoms with van der Waals surface area (Å²) in [5.41, 5.74) is 2.30. The molecule has 0 fully saturated rings. The van der Waals surface area contributed by atoms with Crippen molar-refractivity contribution in [1.29, 1.82) is 0 Å². The Labute approximate surface area is 131 Å². The fraction of sp³-hybridized carbons (Fsp3) is 0.471. The SMILES string of the molecule is CCNC(c1ccccc1)C(CC)Sc1nc(C)c(C)o1. The number of aromatic nitrogens is 1. The molecule has 2 rings (SSSR count). The van der Waals surface area contributed by atoms with Gasteiger partial charge in [0.15, 0.2) is 0 Å². The van der Waals surface area contributed by atoms with E-state index in [2.05, 4.69) is 54.5 Å². The van der Waals surface area contributed by atoms with Gasteiger partial charge in [0.2, 0.25) is 0 Å². The Morgan fingerprint density at radius 2 is 1.90 bits per heavy atom. The van der Waals surface area contributed by atoms with Gasteiger partial charge in [0.05, 0.1) is 5.69 Å². The quantitative estimate of drug-likeness (QED) is 0.764. The van der Waals surface area contributed by atoms with Crippen LogP contribution in [-0.2, 0) is 0 Å². The van der Waals surface area contributed by atoms with Crippen molar-refractivity contribution in [2.45, 2.75) is 50.6 Å². The molecule has 0 spiro atoms. The van der Waals surface area contributed by atoms with Crippen molar-refractivity contribution in [2.24, 2.45) is 0 Å². The number of hydrogen-bond donors (Lipinski definition) is 1. The van der Waals surface area contributed by atoms with Crippen LogP contribution >= 0.6 is 11.8 Å². The van der Waals surface area contributed by atoms with Crippen LogP contribution in [0.2, 0.25) is 0 Å². The Hall–Kier alpha value is -1.26. The van der Waals surface area contributed by atoms with Gasteiger partial charge in [-0.15, -0.1) is 0 Å². The van der Waals surface area contributed by atoms with Gasteiger partial charge in [-0.05, 0) is 32.4 Å². The number of aryl methyl sites for hydroxylation is 2. The van der Waals surface area contributed by atoms with Crippen LogP contribution in [0.4, 0.5) is 0 Å². The van der Waals surface area contributed by atoms with Crippen LogP contribution in [0.5, 0.6) is 0 Å². The minimum absolute atomic E-state index is 0.304. The van der Waals surface area contributed by atoms with Crippen molar-refractivity contribution in [3.63, 3.8) is 0 Å². The molecule has 0 saturated heterocycles. The first kappa shape index (κ1) is 16.1. The monoisotopic (exact) mass is 304 g/mol. The zero-order valence-corrected chi connectivity index (χ0v) is 14.0. The highest BCUT2D eigenvalue weighted by atomic mass is 32.2. The van der Waals surface area contributed by atoms with Crippen molar-refractivity contribution in [2.75, 3.05) is 6.54 Å². The van der Waals surface area contributed by atoms with Gasteiger partial charge < -0.3 is 9.73 Å². The molecule has 0 aliphatic rings. The Morgan fingerprint density at radius 3 is 2.43 bits per heavy atom. The molecule has 0 saturated carbocycles. The molecular weight excluding hydrogens is 280 g/mol. The maximum absolute atomic E-state index is 5.73. The van der Waals surface area contributed by atoms with Gasteiger partial charge in [-0.1, -0.05) is 55.9 Å². The predicted octanol–water partition coefficient (Wildman–Crippen LogP) is 4.51. The number of benzene rings is 1. The van der Waals surface area contributed by atoms with Crippen LogP contribution in [0.3, 0.4) is 0 Å². The highest BCUT2D eigenvalue weighted by Gasteiger charge is 2.24. The van der Waals surface area contributed by atoms with E-state index in [4.69, 9.17) is 4.42 Å². The molecule has 3 nitrogen and oxygen atoms in total. The number of thioether (sulfide) groups is 1. The molecule has 2 unspecified atom stereocenters. The van der Waals surface area contributed by atoms with E-state index in [1.807, 2.05) is 13.8 Å². The van der Waals surface area contributed by atoms with Gasteiger partial charge in [-0.3, -0.25) is 0 Å². The van der Waals surface area contributed by atoms with Crippen molar-refractivity contribution in [3.05, 3.63) is 47.3 Å². The largest absolute Gasteiger partial charge is 0.437 e. The van der Waals surface area contributed by atoms with Crippen molar-refractivity contribution in [1.82, 2.24) is 10.3 Å². The van der Waals surface area contributed by atoms with E-state index in [0.717, 1.165) is 29.6 Å². The summed E-state index contributed by atoms with van der Waals surface area (Å²) in [4.78, 5) is 4.50. The van der Waals surface area contributed by atoms with E-state index in [0.29, 0.717) is 11.3 Å². The second-order valence-electron chi connectivity index (χ2n) is 5.13. The molecule has 114 valence electrons. The van der Waals surface area contributed by atoms with Crippen LogP contribution in [0, 0.1) is 13.8 Å². The van der Waals surface area contributed by atoms with E-state index >= 15 is 0 Å². The molecule has 1 aromatic heterocycles. The minimum atomic E-state index is 0.304. The van der Waals surface area contributed by atoms with E-state index in [9.17, 15) is 0 Å². The summed E-state index contributed by atoms with van der Waals surface area (Å²) >= 11 is 1.73. The van der Waals surface area contributed by atoms with Crippen LogP contribution < -0.4 is 5.32 Å². The fourth-order valence-electron chi connectivity index (χ4n) is 2.35. The lowest BCUT2D eigenvalue weighted by Gasteiger charge is -2.26. The second kappa shape index (κ2) is 7.66. The number of oxazole rings is 1. The van der Waals surface area contributed by atoms with Gasteiger partial charge in [0.1, 0.15) is 5.76 Å². The highest BCUT2D eigenvalue weighted by molar-refractivity contribution is 7.99. The van der Waals surface area contributed by atoms with E-state index in [1.54, 1.807) is 11.8 Å². The predicted molar refractivity (Wildman–Crippen MR) is 88.8 cm³/mol. The maximum Gasteiger partial charge on any atom is 0.256 e. The van der Waals surface area contributed by atoms with Crippen molar-refractivity contribution >= 4 is 11.8 Å². The summed E-state index contributed by atoms with van der Waals surface area (Å²) in [6.45, 7) is 9.26. The first-order valence-electron chi connectivity index (χ1n) is 7.54. The molecule has 4 heteroatoms. The molecular formula is C17H24N2OS.